The number of carbonyl (C=O) groups excluding carboxylic acids is 1. The molecular weight excluding hydrogens is 271 g/mol. The normalized spacial score (nSPS) is 9.72. The minimum atomic E-state index is 0. The molecule has 102 valence electrons. The number of carbonyl (C=O) groups is 1. The van der Waals surface area contributed by atoms with Crippen LogP contribution in [-0.2, 0) is 4.79 Å². The van der Waals surface area contributed by atoms with Crippen LogP contribution in [0.3, 0.4) is 0 Å². The van der Waals surface area contributed by atoms with Crippen LogP contribution in [0, 0.1) is 6.92 Å². The summed E-state index contributed by atoms with van der Waals surface area (Å²) >= 11 is 5.98. The Morgan fingerprint density at radius 3 is 2.67 bits per heavy atom. The zero-order chi connectivity index (χ0) is 12.7. The van der Waals surface area contributed by atoms with Crippen LogP contribution in [0.4, 0.5) is 5.69 Å². The van der Waals surface area contributed by atoms with Crippen molar-refractivity contribution in [2.75, 3.05) is 18.4 Å². The molecule has 18 heavy (non-hydrogen) atoms. The van der Waals surface area contributed by atoms with Gasteiger partial charge in [-0.25, -0.2) is 0 Å². The first-order valence-corrected chi connectivity index (χ1v) is 6.28. The van der Waals surface area contributed by atoms with Crippen molar-refractivity contribution < 1.29 is 4.79 Å². The maximum Gasteiger partial charge on any atom is 0.225 e. The van der Waals surface area contributed by atoms with Gasteiger partial charge in [0.15, 0.2) is 0 Å². The second-order valence-corrected chi connectivity index (χ2v) is 4.42. The summed E-state index contributed by atoms with van der Waals surface area (Å²) in [6.45, 7) is 5.69. The van der Waals surface area contributed by atoms with E-state index in [2.05, 4.69) is 17.6 Å². The first-order valence-electron chi connectivity index (χ1n) is 5.90. The number of hydrogen-bond acceptors (Lipinski definition) is 2. The van der Waals surface area contributed by atoms with Crippen LogP contribution < -0.4 is 10.6 Å². The molecule has 1 aromatic rings. The monoisotopic (exact) mass is 290 g/mol. The van der Waals surface area contributed by atoms with Gasteiger partial charge in [-0.3, -0.25) is 4.79 Å². The van der Waals surface area contributed by atoms with E-state index in [4.69, 9.17) is 11.6 Å². The van der Waals surface area contributed by atoms with E-state index in [1.165, 1.54) is 0 Å². The molecule has 0 aliphatic rings. The Bertz CT molecular complexity index is 383. The first-order chi connectivity index (χ1) is 8.13. The van der Waals surface area contributed by atoms with Crippen LogP contribution in [0.1, 0.15) is 25.3 Å². The van der Waals surface area contributed by atoms with Crippen molar-refractivity contribution in [3.8, 4) is 0 Å². The van der Waals surface area contributed by atoms with E-state index in [-0.39, 0.29) is 18.3 Å². The third-order valence-corrected chi connectivity index (χ3v) is 2.82. The number of amides is 1. The molecule has 0 bridgehead atoms. The lowest BCUT2D eigenvalue weighted by Gasteiger charge is -2.07. The largest absolute Gasteiger partial charge is 0.326 e. The van der Waals surface area contributed by atoms with Crippen LogP contribution >= 0.6 is 24.0 Å². The number of aryl methyl sites for hydroxylation is 1. The zero-order valence-corrected chi connectivity index (χ0v) is 12.3. The molecule has 0 radical (unpaired) electrons. The molecule has 0 atom stereocenters. The Morgan fingerprint density at radius 1 is 1.33 bits per heavy atom. The number of benzene rings is 1. The summed E-state index contributed by atoms with van der Waals surface area (Å²) in [5.41, 5.74) is 1.76. The van der Waals surface area contributed by atoms with Crippen molar-refractivity contribution in [2.45, 2.75) is 26.7 Å². The molecule has 0 spiro atoms. The SMILES string of the molecule is CCCNCCC(=O)Nc1ccc(C)c(Cl)c1.Cl. The predicted molar refractivity (Wildman–Crippen MR) is 79.8 cm³/mol. The van der Waals surface area contributed by atoms with E-state index >= 15 is 0 Å². The Kier molecular flexibility index (Phi) is 8.81. The lowest BCUT2D eigenvalue weighted by Crippen LogP contribution is -2.22. The smallest absolute Gasteiger partial charge is 0.225 e. The van der Waals surface area contributed by atoms with E-state index in [0.717, 1.165) is 24.2 Å². The lowest BCUT2D eigenvalue weighted by molar-refractivity contribution is -0.116. The summed E-state index contributed by atoms with van der Waals surface area (Å²) in [5, 5.41) is 6.68. The van der Waals surface area contributed by atoms with Gasteiger partial charge in [-0.05, 0) is 37.6 Å². The van der Waals surface area contributed by atoms with E-state index in [0.29, 0.717) is 18.0 Å². The number of rotatable bonds is 6. The highest BCUT2D eigenvalue weighted by atomic mass is 35.5. The number of anilines is 1. The van der Waals surface area contributed by atoms with Gasteiger partial charge in [-0.1, -0.05) is 24.6 Å². The quantitative estimate of drug-likeness (QED) is 0.789. The van der Waals surface area contributed by atoms with E-state index in [9.17, 15) is 4.79 Å². The molecule has 1 amide bonds. The van der Waals surface area contributed by atoms with Gasteiger partial charge in [-0.15, -0.1) is 12.4 Å². The van der Waals surface area contributed by atoms with Gasteiger partial charge < -0.3 is 10.6 Å². The highest BCUT2D eigenvalue weighted by Gasteiger charge is 2.03. The molecule has 0 aliphatic heterocycles. The maximum atomic E-state index is 11.6. The Morgan fingerprint density at radius 2 is 2.06 bits per heavy atom. The fourth-order valence-corrected chi connectivity index (χ4v) is 1.58. The molecule has 3 nitrogen and oxygen atoms in total. The third-order valence-electron chi connectivity index (χ3n) is 2.41. The Labute approximate surface area is 120 Å². The summed E-state index contributed by atoms with van der Waals surface area (Å²) in [7, 11) is 0. The molecule has 1 rings (SSSR count). The second-order valence-electron chi connectivity index (χ2n) is 4.01. The van der Waals surface area contributed by atoms with Gasteiger partial charge >= 0.3 is 0 Å². The molecule has 5 heteroatoms. The average Bonchev–Trinajstić information content (AvgIpc) is 2.30. The highest BCUT2D eigenvalue weighted by Crippen LogP contribution is 2.19. The fraction of sp³-hybridized carbons (Fsp3) is 0.462. The van der Waals surface area contributed by atoms with Crippen molar-refractivity contribution in [3.05, 3.63) is 28.8 Å². The van der Waals surface area contributed by atoms with Crippen molar-refractivity contribution >= 4 is 35.6 Å². The first kappa shape index (κ1) is 17.2. The Balaban J connectivity index is 0.00000289. The highest BCUT2D eigenvalue weighted by molar-refractivity contribution is 6.31. The molecule has 1 aromatic carbocycles. The molecule has 2 N–H and O–H groups in total. The van der Waals surface area contributed by atoms with Crippen LogP contribution in [0.15, 0.2) is 18.2 Å². The standard InChI is InChI=1S/C13H19ClN2O.ClH/c1-3-7-15-8-6-13(17)16-11-5-4-10(2)12(14)9-11;/h4-5,9,15H,3,6-8H2,1-2H3,(H,16,17);1H. The molecule has 0 unspecified atom stereocenters. The van der Waals surface area contributed by atoms with E-state index < -0.39 is 0 Å². The number of nitrogens with one attached hydrogen (secondary N) is 2. The minimum Gasteiger partial charge on any atom is -0.326 e. The summed E-state index contributed by atoms with van der Waals surface area (Å²) in [4.78, 5) is 11.6. The molecule has 0 saturated heterocycles. The maximum absolute atomic E-state index is 11.6. The minimum absolute atomic E-state index is 0. The van der Waals surface area contributed by atoms with Crippen LogP contribution in [0.25, 0.3) is 0 Å². The van der Waals surface area contributed by atoms with Crippen LogP contribution in [0.2, 0.25) is 5.02 Å². The summed E-state index contributed by atoms with van der Waals surface area (Å²) in [6, 6.07) is 5.53. The molecular formula is C13H20Cl2N2O. The summed E-state index contributed by atoms with van der Waals surface area (Å²) in [6.07, 6.45) is 1.56. The molecule has 0 aromatic heterocycles. The van der Waals surface area contributed by atoms with Gasteiger partial charge in [0.25, 0.3) is 0 Å². The average molecular weight is 291 g/mol. The van der Waals surface area contributed by atoms with Crippen molar-refractivity contribution in [2.24, 2.45) is 0 Å². The number of halogens is 2. The van der Waals surface area contributed by atoms with Crippen molar-refractivity contribution in [1.29, 1.82) is 0 Å². The lowest BCUT2D eigenvalue weighted by atomic mass is 10.2. The summed E-state index contributed by atoms with van der Waals surface area (Å²) in [5.74, 6) is 0.00789. The topological polar surface area (TPSA) is 41.1 Å². The van der Waals surface area contributed by atoms with Gasteiger partial charge in [0.05, 0.1) is 0 Å². The van der Waals surface area contributed by atoms with Gasteiger partial charge in [0.2, 0.25) is 5.91 Å². The molecule has 0 saturated carbocycles. The van der Waals surface area contributed by atoms with Crippen molar-refractivity contribution in [3.63, 3.8) is 0 Å². The van der Waals surface area contributed by atoms with E-state index in [1.807, 2.05) is 19.1 Å². The van der Waals surface area contributed by atoms with Gasteiger partial charge in [0.1, 0.15) is 0 Å². The Hall–Kier alpha value is -0.770. The summed E-state index contributed by atoms with van der Waals surface area (Å²) < 4.78 is 0. The van der Waals surface area contributed by atoms with Crippen molar-refractivity contribution in [1.82, 2.24) is 5.32 Å². The third kappa shape index (κ3) is 6.24. The zero-order valence-electron chi connectivity index (χ0n) is 10.8. The van der Waals surface area contributed by atoms with Gasteiger partial charge in [0, 0.05) is 23.7 Å². The fourth-order valence-electron chi connectivity index (χ4n) is 1.40. The van der Waals surface area contributed by atoms with E-state index in [1.54, 1.807) is 6.07 Å². The molecule has 0 heterocycles. The second kappa shape index (κ2) is 9.20. The van der Waals surface area contributed by atoms with Crippen LogP contribution in [-0.4, -0.2) is 19.0 Å². The number of hydrogen-bond donors (Lipinski definition) is 2. The molecule has 0 fully saturated rings. The van der Waals surface area contributed by atoms with Crippen LogP contribution in [0.5, 0.6) is 0 Å². The predicted octanol–water partition coefficient (Wildman–Crippen LogP) is 3.40. The van der Waals surface area contributed by atoms with Gasteiger partial charge in [-0.2, -0.15) is 0 Å². The molecule has 0 aliphatic carbocycles.